The number of aryl methyl sites for hydroxylation is 2. The van der Waals surface area contributed by atoms with E-state index in [1.807, 2.05) is 44.2 Å². The van der Waals surface area contributed by atoms with Crippen LogP contribution in [0.25, 0.3) is 0 Å². The van der Waals surface area contributed by atoms with Crippen molar-refractivity contribution in [2.75, 3.05) is 18.1 Å². The summed E-state index contributed by atoms with van der Waals surface area (Å²) >= 11 is 6.06. The molecule has 1 aliphatic heterocycles. The SMILES string of the molecule is Cc1cccc(C)c1OCC(=O)N(Cc1cccc(Cl)c1)[C@H]1CCS(=O)(=O)C1. The molecule has 1 amide bonds. The van der Waals surface area contributed by atoms with Crippen molar-refractivity contribution < 1.29 is 17.9 Å². The van der Waals surface area contributed by atoms with E-state index in [4.69, 9.17) is 16.3 Å². The topological polar surface area (TPSA) is 63.7 Å². The number of sulfone groups is 1. The molecule has 0 aromatic heterocycles. The minimum atomic E-state index is -3.12. The van der Waals surface area contributed by atoms with Gasteiger partial charge >= 0.3 is 0 Å². The van der Waals surface area contributed by atoms with Crippen molar-refractivity contribution >= 4 is 27.3 Å². The van der Waals surface area contributed by atoms with Crippen LogP contribution in [-0.4, -0.2) is 43.4 Å². The first-order valence-corrected chi connectivity index (χ1v) is 11.4. The van der Waals surface area contributed by atoms with E-state index >= 15 is 0 Å². The third-order valence-electron chi connectivity index (χ3n) is 4.96. The molecule has 0 aliphatic carbocycles. The number of ether oxygens (including phenoxy) is 1. The monoisotopic (exact) mass is 421 g/mol. The summed E-state index contributed by atoms with van der Waals surface area (Å²) < 4.78 is 29.7. The molecule has 5 nitrogen and oxygen atoms in total. The molecule has 2 aromatic carbocycles. The van der Waals surface area contributed by atoms with Gasteiger partial charge in [0, 0.05) is 17.6 Å². The predicted molar refractivity (Wildman–Crippen MR) is 110 cm³/mol. The highest BCUT2D eigenvalue weighted by Crippen LogP contribution is 2.24. The van der Waals surface area contributed by atoms with Gasteiger partial charge in [0.05, 0.1) is 11.5 Å². The Balaban J connectivity index is 1.78. The van der Waals surface area contributed by atoms with Crippen LogP contribution in [0, 0.1) is 13.8 Å². The fraction of sp³-hybridized carbons (Fsp3) is 0.381. The van der Waals surface area contributed by atoms with Gasteiger partial charge in [0.15, 0.2) is 16.4 Å². The van der Waals surface area contributed by atoms with Gasteiger partial charge in [-0.1, -0.05) is 41.9 Å². The van der Waals surface area contributed by atoms with Crippen LogP contribution < -0.4 is 4.74 Å². The van der Waals surface area contributed by atoms with Gasteiger partial charge in [0.1, 0.15) is 5.75 Å². The average molecular weight is 422 g/mol. The first-order valence-electron chi connectivity index (χ1n) is 9.18. The molecule has 0 radical (unpaired) electrons. The lowest BCUT2D eigenvalue weighted by Crippen LogP contribution is -2.43. The first-order chi connectivity index (χ1) is 13.2. The summed E-state index contributed by atoms with van der Waals surface area (Å²) in [6.45, 7) is 4.03. The van der Waals surface area contributed by atoms with E-state index in [1.165, 1.54) is 0 Å². The van der Waals surface area contributed by atoms with Gasteiger partial charge in [-0.2, -0.15) is 0 Å². The van der Waals surface area contributed by atoms with E-state index in [0.717, 1.165) is 16.7 Å². The lowest BCUT2D eigenvalue weighted by Gasteiger charge is -2.28. The van der Waals surface area contributed by atoms with Crippen LogP contribution in [-0.2, 0) is 21.2 Å². The maximum absolute atomic E-state index is 13.0. The fourth-order valence-electron chi connectivity index (χ4n) is 3.52. The third kappa shape index (κ3) is 5.06. The molecule has 0 bridgehead atoms. The fourth-order valence-corrected chi connectivity index (χ4v) is 5.46. The maximum atomic E-state index is 13.0. The molecule has 0 spiro atoms. The first kappa shape index (κ1) is 20.7. The van der Waals surface area contributed by atoms with E-state index in [2.05, 4.69) is 0 Å². The van der Waals surface area contributed by atoms with Crippen molar-refractivity contribution in [3.8, 4) is 5.75 Å². The predicted octanol–water partition coefficient (Wildman–Crippen LogP) is 3.55. The summed E-state index contributed by atoms with van der Waals surface area (Å²) in [5.41, 5.74) is 2.77. The lowest BCUT2D eigenvalue weighted by molar-refractivity contribution is -0.136. The number of hydrogen-bond donors (Lipinski definition) is 0. The van der Waals surface area contributed by atoms with Gasteiger partial charge in [-0.3, -0.25) is 4.79 Å². The van der Waals surface area contributed by atoms with Gasteiger partial charge in [-0.05, 0) is 49.1 Å². The molecule has 1 saturated heterocycles. The van der Waals surface area contributed by atoms with Crippen molar-refractivity contribution in [3.05, 3.63) is 64.2 Å². The highest BCUT2D eigenvalue weighted by molar-refractivity contribution is 7.91. The van der Waals surface area contributed by atoms with E-state index < -0.39 is 9.84 Å². The minimum absolute atomic E-state index is 0.0112. The normalized spacial score (nSPS) is 18.0. The van der Waals surface area contributed by atoms with Crippen molar-refractivity contribution in [2.24, 2.45) is 0 Å². The summed E-state index contributed by atoms with van der Waals surface area (Å²) in [6, 6.07) is 12.7. The van der Waals surface area contributed by atoms with Crippen molar-refractivity contribution in [3.63, 3.8) is 0 Å². The summed E-state index contributed by atoms with van der Waals surface area (Å²) in [6.07, 6.45) is 0.442. The minimum Gasteiger partial charge on any atom is -0.483 e. The molecule has 1 atom stereocenters. The van der Waals surface area contributed by atoms with E-state index in [-0.39, 0.29) is 30.1 Å². The van der Waals surface area contributed by atoms with Crippen LogP contribution in [0.5, 0.6) is 5.75 Å². The summed E-state index contributed by atoms with van der Waals surface area (Å²) in [7, 11) is -3.12. The zero-order chi connectivity index (χ0) is 20.3. The quantitative estimate of drug-likeness (QED) is 0.715. The molecule has 1 heterocycles. The average Bonchev–Trinajstić information content (AvgIpc) is 2.98. The Morgan fingerprint density at radius 3 is 2.46 bits per heavy atom. The van der Waals surface area contributed by atoms with E-state index in [1.54, 1.807) is 17.0 Å². The number of nitrogens with zero attached hydrogens (tertiary/aromatic N) is 1. The second-order valence-corrected chi connectivity index (χ2v) is 9.88. The molecule has 0 saturated carbocycles. The van der Waals surface area contributed by atoms with Crippen LogP contribution in [0.15, 0.2) is 42.5 Å². The zero-order valence-electron chi connectivity index (χ0n) is 16.0. The Kier molecular flexibility index (Phi) is 6.30. The standard InChI is InChI=1S/C21H24ClNO4S/c1-15-5-3-6-16(2)21(15)27-13-20(24)23(19-9-10-28(25,26)14-19)12-17-7-4-8-18(22)11-17/h3-8,11,19H,9-10,12-14H2,1-2H3/t19-/m0/s1. The van der Waals surface area contributed by atoms with Crippen LogP contribution in [0.1, 0.15) is 23.1 Å². The Morgan fingerprint density at radius 2 is 1.86 bits per heavy atom. The van der Waals surface area contributed by atoms with Crippen LogP contribution >= 0.6 is 11.6 Å². The van der Waals surface area contributed by atoms with Crippen LogP contribution in [0.2, 0.25) is 5.02 Å². The summed E-state index contributed by atoms with van der Waals surface area (Å²) in [5, 5.41) is 0.579. The number of hydrogen-bond acceptors (Lipinski definition) is 4. The number of carbonyl (C=O) groups is 1. The molecule has 7 heteroatoms. The summed E-state index contributed by atoms with van der Waals surface area (Å²) in [5.74, 6) is 0.555. The number of carbonyl (C=O) groups excluding carboxylic acids is 1. The molecule has 3 rings (SSSR count). The third-order valence-corrected chi connectivity index (χ3v) is 6.95. The van der Waals surface area contributed by atoms with E-state index in [0.29, 0.717) is 23.7 Å². The number of amides is 1. The van der Waals surface area contributed by atoms with Gasteiger partial charge in [0.2, 0.25) is 0 Å². The second kappa shape index (κ2) is 8.53. The van der Waals surface area contributed by atoms with Gasteiger partial charge in [-0.25, -0.2) is 8.42 Å². The van der Waals surface area contributed by atoms with Crippen molar-refractivity contribution in [2.45, 2.75) is 32.9 Å². The Morgan fingerprint density at radius 1 is 1.18 bits per heavy atom. The van der Waals surface area contributed by atoms with Crippen molar-refractivity contribution in [1.82, 2.24) is 4.90 Å². The number of benzene rings is 2. The molecular weight excluding hydrogens is 398 g/mol. The maximum Gasteiger partial charge on any atom is 0.261 e. The molecule has 1 fully saturated rings. The highest BCUT2D eigenvalue weighted by atomic mass is 35.5. The van der Waals surface area contributed by atoms with Crippen LogP contribution in [0.3, 0.4) is 0 Å². The highest BCUT2D eigenvalue weighted by Gasteiger charge is 2.34. The molecular formula is C21H24ClNO4S. The second-order valence-electron chi connectivity index (χ2n) is 7.22. The lowest BCUT2D eigenvalue weighted by atomic mass is 10.1. The molecule has 0 unspecified atom stereocenters. The summed E-state index contributed by atoms with van der Waals surface area (Å²) in [4.78, 5) is 14.6. The van der Waals surface area contributed by atoms with Gasteiger partial charge < -0.3 is 9.64 Å². The van der Waals surface area contributed by atoms with Crippen LogP contribution in [0.4, 0.5) is 0 Å². The smallest absolute Gasteiger partial charge is 0.261 e. The van der Waals surface area contributed by atoms with Gasteiger partial charge in [-0.15, -0.1) is 0 Å². The van der Waals surface area contributed by atoms with Gasteiger partial charge in [0.25, 0.3) is 5.91 Å². The molecule has 1 aliphatic rings. The number of rotatable bonds is 6. The number of halogens is 1. The zero-order valence-corrected chi connectivity index (χ0v) is 17.6. The molecule has 2 aromatic rings. The Bertz CT molecular complexity index is 954. The van der Waals surface area contributed by atoms with E-state index in [9.17, 15) is 13.2 Å². The Labute approximate surface area is 171 Å². The molecule has 28 heavy (non-hydrogen) atoms. The molecule has 150 valence electrons. The molecule has 0 N–H and O–H groups in total. The largest absolute Gasteiger partial charge is 0.483 e. The Hall–Kier alpha value is -2.05. The number of para-hydroxylation sites is 1. The van der Waals surface area contributed by atoms with Crippen molar-refractivity contribution in [1.29, 1.82) is 0 Å².